The lowest BCUT2D eigenvalue weighted by Crippen LogP contribution is -2.20. The fraction of sp³-hybridized carbons (Fsp3) is 0.182. The Morgan fingerprint density at radius 2 is 1.74 bits per heavy atom. The molecule has 0 aliphatic carbocycles. The second kappa shape index (κ2) is 8.36. The molecule has 0 radical (unpaired) electrons. The maximum Gasteiger partial charge on any atom is 0.244 e. The Kier molecular flexibility index (Phi) is 5.71. The van der Waals surface area contributed by atoms with Crippen LogP contribution in [0.25, 0.3) is 10.8 Å². The van der Waals surface area contributed by atoms with Gasteiger partial charge in [0.05, 0.1) is 26.9 Å². The van der Waals surface area contributed by atoms with Crippen LogP contribution in [-0.2, 0) is 11.2 Å². The van der Waals surface area contributed by atoms with Crippen LogP contribution < -0.4 is 14.9 Å². The van der Waals surface area contributed by atoms with Crippen LogP contribution >= 0.6 is 0 Å². The molecule has 138 valence electrons. The number of nitrogens with one attached hydrogen (secondary N) is 1. The number of hydrogen-bond acceptors (Lipinski definition) is 4. The third-order valence-electron chi connectivity index (χ3n) is 4.40. The van der Waals surface area contributed by atoms with Crippen molar-refractivity contribution in [1.29, 1.82) is 0 Å². The first-order chi connectivity index (χ1) is 13.1. The van der Waals surface area contributed by atoms with E-state index in [2.05, 4.69) is 10.5 Å². The highest BCUT2D eigenvalue weighted by atomic mass is 16.5. The number of methoxy groups -OCH3 is 2. The SMILES string of the molecule is COc1cc(C)c(/C=N\NC(=O)Cc2cccc3ccccc23)cc1OC. The predicted octanol–water partition coefficient (Wildman–Crippen LogP) is 3.86. The van der Waals surface area contributed by atoms with Crippen molar-refractivity contribution in [2.75, 3.05) is 14.2 Å². The van der Waals surface area contributed by atoms with Gasteiger partial charge in [-0.05, 0) is 41.0 Å². The van der Waals surface area contributed by atoms with Crippen LogP contribution in [0.4, 0.5) is 0 Å². The van der Waals surface area contributed by atoms with E-state index in [0.717, 1.165) is 27.5 Å². The average Bonchev–Trinajstić information content (AvgIpc) is 2.69. The van der Waals surface area contributed by atoms with Crippen molar-refractivity contribution in [2.24, 2.45) is 5.10 Å². The average molecular weight is 362 g/mol. The summed E-state index contributed by atoms with van der Waals surface area (Å²) in [6.45, 7) is 1.95. The minimum Gasteiger partial charge on any atom is -0.493 e. The van der Waals surface area contributed by atoms with Crippen LogP contribution in [0, 0.1) is 6.92 Å². The van der Waals surface area contributed by atoms with Crippen molar-refractivity contribution in [1.82, 2.24) is 5.43 Å². The number of carbonyl (C=O) groups is 1. The number of amides is 1. The summed E-state index contributed by atoms with van der Waals surface area (Å²) in [5, 5.41) is 6.28. The van der Waals surface area contributed by atoms with Gasteiger partial charge in [-0.25, -0.2) is 5.43 Å². The van der Waals surface area contributed by atoms with Crippen molar-refractivity contribution in [3.8, 4) is 11.5 Å². The topological polar surface area (TPSA) is 59.9 Å². The highest BCUT2D eigenvalue weighted by molar-refractivity contribution is 5.91. The highest BCUT2D eigenvalue weighted by Crippen LogP contribution is 2.29. The molecule has 0 aliphatic heterocycles. The van der Waals surface area contributed by atoms with E-state index in [1.807, 2.05) is 61.5 Å². The molecule has 0 fully saturated rings. The quantitative estimate of drug-likeness (QED) is 0.535. The van der Waals surface area contributed by atoms with Crippen molar-refractivity contribution in [3.05, 3.63) is 71.3 Å². The van der Waals surface area contributed by atoms with E-state index in [0.29, 0.717) is 11.5 Å². The largest absolute Gasteiger partial charge is 0.493 e. The number of hydrogen-bond donors (Lipinski definition) is 1. The standard InChI is InChI=1S/C22H22N2O3/c1-15-11-20(26-2)21(27-3)12-18(15)14-23-24-22(25)13-17-9-6-8-16-7-4-5-10-19(16)17/h4-12,14H,13H2,1-3H3,(H,24,25)/b23-14-. The van der Waals surface area contributed by atoms with Crippen molar-refractivity contribution >= 4 is 22.9 Å². The summed E-state index contributed by atoms with van der Waals surface area (Å²) in [6.07, 6.45) is 1.88. The zero-order valence-corrected chi connectivity index (χ0v) is 15.7. The van der Waals surface area contributed by atoms with Gasteiger partial charge in [-0.15, -0.1) is 0 Å². The third-order valence-corrected chi connectivity index (χ3v) is 4.40. The number of aryl methyl sites for hydroxylation is 1. The molecule has 0 saturated carbocycles. The van der Waals surface area contributed by atoms with Crippen LogP contribution in [-0.4, -0.2) is 26.3 Å². The van der Waals surface area contributed by atoms with E-state index >= 15 is 0 Å². The second-order valence-corrected chi connectivity index (χ2v) is 6.17. The van der Waals surface area contributed by atoms with E-state index in [1.165, 1.54) is 0 Å². The van der Waals surface area contributed by atoms with Gasteiger partial charge in [0.25, 0.3) is 0 Å². The summed E-state index contributed by atoms with van der Waals surface area (Å²) < 4.78 is 10.6. The number of ether oxygens (including phenoxy) is 2. The number of nitrogens with zero attached hydrogens (tertiary/aromatic N) is 1. The van der Waals surface area contributed by atoms with Crippen molar-refractivity contribution < 1.29 is 14.3 Å². The smallest absolute Gasteiger partial charge is 0.244 e. The van der Waals surface area contributed by atoms with Crippen LogP contribution in [0.3, 0.4) is 0 Å². The van der Waals surface area contributed by atoms with Gasteiger partial charge < -0.3 is 9.47 Å². The molecule has 0 saturated heterocycles. The Bertz CT molecular complexity index is 991. The van der Waals surface area contributed by atoms with E-state index in [9.17, 15) is 4.79 Å². The third kappa shape index (κ3) is 4.26. The number of benzene rings is 3. The summed E-state index contributed by atoms with van der Waals surface area (Å²) in [5.74, 6) is 1.11. The molecule has 1 N–H and O–H groups in total. The summed E-state index contributed by atoms with van der Waals surface area (Å²) in [7, 11) is 3.18. The Morgan fingerprint density at radius 3 is 2.52 bits per heavy atom. The normalized spacial score (nSPS) is 10.9. The van der Waals surface area contributed by atoms with E-state index in [4.69, 9.17) is 9.47 Å². The molecule has 27 heavy (non-hydrogen) atoms. The Morgan fingerprint density at radius 1 is 1.04 bits per heavy atom. The molecule has 0 bridgehead atoms. The van der Waals surface area contributed by atoms with Gasteiger partial charge in [-0.3, -0.25) is 4.79 Å². The molecule has 0 heterocycles. The van der Waals surface area contributed by atoms with E-state index in [1.54, 1.807) is 20.4 Å². The summed E-state index contributed by atoms with van der Waals surface area (Å²) in [6, 6.07) is 17.7. The predicted molar refractivity (Wildman–Crippen MR) is 108 cm³/mol. The fourth-order valence-electron chi connectivity index (χ4n) is 2.97. The van der Waals surface area contributed by atoms with Crippen molar-refractivity contribution in [2.45, 2.75) is 13.3 Å². The van der Waals surface area contributed by atoms with Crippen LogP contribution in [0.2, 0.25) is 0 Å². The molecule has 3 rings (SSSR count). The summed E-state index contributed by atoms with van der Waals surface area (Å²) in [5.41, 5.74) is 5.39. The molecule has 3 aromatic rings. The first kappa shape index (κ1) is 18.5. The first-order valence-corrected chi connectivity index (χ1v) is 8.63. The van der Waals surface area contributed by atoms with Crippen LogP contribution in [0.1, 0.15) is 16.7 Å². The lowest BCUT2D eigenvalue weighted by atomic mass is 10.0. The van der Waals surface area contributed by atoms with E-state index < -0.39 is 0 Å². The van der Waals surface area contributed by atoms with Gasteiger partial charge in [-0.1, -0.05) is 42.5 Å². The van der Waals surface area contributed by atoms with Gasteiger partial charge in [0, 0.05) is 5.56 Å². The zero-order valence-electron chi connectivity index (χ0n) is 15.7. The molecule has 0 aromatic heterocycles. The number of carbonyl (C=O) groups excluding carboxylic acids is 1. The van der Waals surface area contributed by atoms with Crippen LogP contribution in [0.5, 0.6) is 11.5 Å². The summed E-state index contributed by atoms with van der Waals surface area (Å²) >= 11 is 0. The Hall–Kier alpha value is -3.34. The minimum absolute atomic E-state index is 0.166. The molecular formula is C22H22N2O3. The van der Waals surface area contributed by atoms with Crippen molar-refractivity contribution in [3.63, 3.8) is 0 Å². The first-order valence-electron chi connectivity index (χ1n) is 8.63. The van der Waals surface area contributed by atoms with E-state index in [-0.39, 0.29) is 12.3 Å². The lowest BCUT2D eigenvalue weighted by molar-refractivity contribution is -0.120. The van der Waals surface area contributed by atoms with Gasteiger partial charge in [-0.2, -0.15) is 5.10 Å². The molecule has 0 unspecified atom stereocenters. The lowest BCUT2D eigenvalue weighted by Gasteiger charge is -2.10. The Balaban J connectivity index is 1.70. The number of rotatable bonds is 6. The second-order valence-electron chi connectivity index (χ2n) is 6.17. The Labute approximate surface area is 158 Å². The molecule has 0 spiro atoms. The molecule has 0 atom stereocenters. The van der Waals surface area contributed by atoms with Gasteiger partial charge in [0.2, 0.25) is 5.91 Å². The number of hydrazone groups is 1. The highest BCUT2D eigenvalue weighted by Gasteiger charge is 2.08. The molecule has 5 nitrogen and oxygen atoms in total. The van der Waals surface area contributed by atoms with Gasteiger partial charge in [0.1, 0.15) is 0 Å². The summed E-state index contributed by atoms with van der Waals surface area (Å²) in [4.78, 5) is 12.3. The maximum absolute atomic E-state index is 12.3. The molecular weight excluding hydrogens is 340 g/mol. The monoisotopic (exact) mass is 362 g/mol. The fourth-order valence-corrected chi connectivity index (χ4v) is 2.97. The van der Waals surface area contributed by atoms with Gasteiger partial charge in [0.15, 0.2) is 11.5 Å². The molecule has 0 aliphatic rings. The zero-order chi connectivity index (χ0) is 19.2. The maximum atomic E-state index is 12.3. The molecule has 3 aromatic carbocycles. The van der Waals surface area contributed by atoms with Gasteiger partial charge >= 0.3 is 0 Å². The molecule has 5 heteroatoms. The number of fused-ring (bicyclic) bond motifs is 1. The minimum atomic E-state index is -0.166. The molecule has 1 amide bonds. The van der Waals surface area contributed by atoms with Crippen LogP contribution in [0.15, 0.2) is 59.7 Å².